The molecule has 0 spiro atoms. The van der Waals surface area contributed by atoms with Crippen LogP contribution in [0.5, 0.6) is 5.75 Å². The van der Waals surface area contributed by atoms with Crippen molar-refractivity contribution in [2.24, 2.45) is 0 Å². The number of hydrogen-bond donors (Lipinski definition) is 1. The van der Waals surface area contributed by atoms with Crippen LogP contribution in [-0.2, 0) is 4.79 Å². The fraction of sp³-hybridized carbons (Fsp3) is 0.300. The molecule has 1 atom stereocenters. The normalized spacial score (nSPS) is 11.7. The third kappa shape index (κ3) is 5.37. The number of rotatable bonds is 8. The lowest BCUT2D eigenvalue weighted by Gasteiger charge is -2.15. The van der Waals surface area contributed by atoms with Gasteiger partial charge in [0.15, 0.2) is 5.78 Å². The predicted molar refractivity (Wildman–Crippen MR) is 94.1 cm³/mol. The van der Waals surface area contributed by atoms with E-state index in [-0.39, 0.29) is 30.1 Å². The summed E-state index contributed by atoms with van der Waals surface area (Å²) in [5.74, 6) is -1.25. The van der Waals surface area contributed by atoms with E-state index in [1.54, 1.807) is 31.2 Å². The standard InChI is InChI=1S/C20H21F2NO3/c1-3-26-16-7-4-14(5-8-16)19(24)10-11-20(25)23-13(2)17-9-6-15(21)12-18(17)22/h4-9,12-13H,3,10-11H2,1-2H3,(H,23,25). The van der Waals surface area contributed by atoms with E-state index in [2.05, 4.69) is 5.32 Å². The molecule has 138 valence electrons. The van der Waals surface area contributed by atoms with Crippen molar-refractivity contribution in [2.45, 2.75) is 32.7 Å². The van der Waals surface area contributed by atoms with Crippen molar-refractivity contribution in [1.29, 1.82) is 0 Å². The van der Waals surface area contributed by atoms with Crippen molar-refractivity contribution in [3.05, 3.63) is 65.2 Å². The van der Waals surface area contributed by atoms with Crippen LogP contribution in [0.3, 0.4) is 0 Å². The van der Waals surface area contributed by atoms with Gasteiger partial charge in [0.1, 0.15) is 17.4 Å². The van der Waals surface area contributed by atoms with E-state index in [1.165, 1.54) is 6.07 Å². The van der Waals surface area contributed by atoms with Gasteiger partial charge in [-0.1, -0.05) is 6.07 Å². The molecule has 2 aromatic rings. The van der Waals surface area contributed by atoms with Crippen LogP contribution in [0, 0.1) is 11.6 Å². The Morgan fingerprint density at radius 3 is 2.38 bits per heavy atom. The second-order valence-electron chi connectivity index (χ2n) is 5.84. The largest absolute Gasteiger partial charge is 0.494 e. The summed E-state index contributed by atoms with van der Waals surface area (Å²) in [4.78, 5) is 24.1. The van der Waals surface area contributed by atoms with E-state index in [4.69, 9.17) is 4.74 Å². The molecular formula is C20H21F2NO3. The third-order valence-electron chi connectivity index (χ3n) is 3.87. The molecule has 2 rings (SSSR count). The summed E-state index contributed by atoms with van der Waals surface area (Å²) in [5.41, 5.74) is 0.691. The van der Waals surface area contributed by atoms with E-state index in [0.717, 1.165) is 12.1 Å². The monoisotopic (exact) mass is 361 g/mol. The van der Waals surface area contributed by atoms with E-state index < -0.39 is 17.7 Å². The number of benzene rings is 2. The zero-order chi connectivity index (χ0) is 19.1. The number of ketones is 1. The van der Waals surface area contributed by atoms with E-state index in [9.17, 15) is 18.4 Å². The van der Waals surface area contributed by atoms with Crippen LogP contribution in [0.2, 0.25) is 0 Å². The Morgan fingerprint density at radius 1 is 1.08 bits per heavy atom. The number of ether oxygens (including phenoxy) is 1. The molecule has 0 aliphatic carbocycles. The van der Waals surface area contributed by atoms with Gasteiger partial charge in [-0.3, -0.25) is 9.59 Å². The maximum absolute atomic E-state index is 13.7. The van der Waals surface area contributed by atoms with Crippen molar-refractivity contribution >= 4 is 11.7 Å². The van der Waals surface area contributed by atoms with Gasteiger partial charge in [0, 0.05) is 30.0 Å². The highest BCUT2D eigenvalue weighted by molar-refractivity contribution is 5.98. The molecule has 0 saturated heterocycles. The minimum absolute atomic E-state index is 0.0147. The summed E-state index contributed by atoms with van der Waals surface area (Å²) in [5, 5.41) is 2.62. The van der Waals surface area contributed by atoms with Gasteiger partial charge in [0.2, 0.25) is 5.91 Å². The van der Waals surface area contributed by atoms with Crippen LogP contribution in [0.1, 0.15) is 48.7 Å². The van der Waals surface area contributed by atoms with Crippen molar-refractivity contribution in [3.8, 4) is 5.75 Å². The summed E-state index contributed by atoms with van der Waals surface area (Å²) in [6, 6.07) is 9.30. The van der Waals surface area contributed by atoms with Gasteiger partial charge < -0.3 is 10.1 Å². The van der Waals surface area contributed by atoms with Gasteiger partial charge in [0.25, 0.3) is 0 Å². The Morgan fingerprint density at radius 2 is 1.77 bits per heavy atom. The van der Waals surface area contributed by atoms with Crippen LogP contribution >= 0.6 is 0 Å². The quantitative estimate of drug-likeness (QED) is 0.717. The third-order valence-corrected chi connectivity index (χ3v) is 3.87. The van der Waals surface area contributed by atoms with Gasteiger partial charge in [-0.15, -0.1) is 0 Å². The summed E-state index contributed by atoms with van der Waals surface area (Å²) in [6.07, 6.45) is 0.0254. The molecule has 26 heavy (non-hydrogen) atoms. The first-order chi connectivity index (χ1) is 12.4. The highest BCUT2D eigenvalue weighted by atomic mass is 19.1. The Kier molecular flexibility index (Phi) is 6.83. The number of carbonyl (C=O) groups excluding carboxylic acids is 2. The first-order valence-electron chi connectivity index (χ1n) is 8.41. The lowest BCUT2D eigenvalue weighted by atomic mass is 10.1. The van der Waals surface area contributed by atoms with Gasteiger partial charge in [-0.2, -0.15) is 0 Å². The van der Waals surface area contributed by atoms with Gasteiger partial charge in [-0.05, 0) is 44.2 Å². The predicted octanol–water partition coefficient (Wildman–Crippen LogP) is 4.20. The average molecular weight is 361 g/mol. The lowest BCUT2D eigenvalue weighted by Crippen LogP contribution is -2.27. The SMILES string of the molecule is CCOc1ccc(C(=O)CCC(=O)NC(C)c2ccc(F)cc2F)cc1. The van der Waals surface area contributed by atoms with E-state index in [1.807, 2.05) is 6.92 Å². The molecule has 0 aliphatic heterocycles. The second kappa shape index (κ2) is 9.08. The summed E-state index contributed by atoms with van der Waals surface area (Å²) < 4.78 is 32.0. The fourth-order valence-electron chi connectivity index (χ4n) is 2.52. The molecule has 0 radical (unpaired) electrons. The minimum Gasteiger partial charge on any atom is -0.494 e. The van der Waals surface area contributed by atoms with E-state index in [0.29, 0.717) is 17.9 Å². The first-order valence-corrected chi connectivity index (χ1v) is 8.41. The Hall–Kier alpha value is -2.76. The Bertz CT molecular complexity index is 775. The summed E-state index contributed by atoms with van der Waals surface area (Å²) in [6.45, 7) is 4.01. The fourth-order valence-corrected chi connectivity index (χ4v) is 2.52. The zero-order valence-corrected chi connectivity index (χ0v) is 14.7. The molecule has 1 unspecified atom stereocenters. The van der Waals surface area contributed by atoms with Crippen molar-refractivity contribution in [3.63, 3.8) is 0 Å². The van der Waals surface area contributed by atoms with Crippen LogP contribution in [0.25, 0.3) is 0 Å². The molecule has 4 nitrogen and oxygen atoms in total. The first kappa shape index (κ1) is 19.6. The molecule has 0 heterocycles. The molecule has 1 amide bonds. The number of amides is 1. The topological polar surface area (TPSA) is 55.4 Å². The van der Waals surface area contributed by atoms with Crippen molar-refractivity contribution in [1.82, 2.24) is 5.32 Å². The highest BCUT2D eigenvalue weighted by Gasteiger charge is 2.15. The molecule has 0 fully saturated rings. The zero-order valence-electron chi connectivity index (χ0n) is 14.7. The average Bonchev–Trinajstić information content (AvgIpc) is 2.60. The molecule has 0 saturated carbocycles. The number of Topliss-reactive ketones (excluding diaryl/α,β-unsaturated/α-hetero) is 1. The molecule has 0 aliphatic rings. The minimum atomic E-state index is -0.719. The number of hydrogen-bond acceptors (Lipinski definition) is 3. The smallest absolute Gasteiger partial charge is 0.220 e. The Balaban J connectivity index is 1.86. The van der Waals surface area contributed by atoms with Gasteiger partial charge in [0.05, 0.1) is 12.6 Å². The molecular weight excluding hydrogens is 340 g/mol. The van der Waals surface area contributed by atoms with Crippen molar-refractivity contribution in [2.75, 3.05) is 6.61 Å². The highest BCUT2D eigenvalue weighted by Crippen LogP contribution is 2.18. The van der Waals surface area contributed by atoms with Crippen molar-refractivity contribution < 1.29 is 23.1 Å². The molecule has 1 N–H and O–H groups in total. The molecule has 0 aromatic heterocycles. The molecule has 6 heteroatoms. The Labute approximate surface area is 151 Å². The van der Waals surface area contributed by atoms with Crippen LogP contribution in [0.4, 0.5) is 8.78 Å². The lowest BCUT2D eigenvalue weighted by molar-refractivity contribution is -0.121. The number of nitrogens with one attached hydrogen (secondary N) is 1. The summed E-state index contributed by atoms with van der Waals surface area (Å²) >= 11 is 0. The molecule has 0 bridgehead atoms. The number of carbonyl (C=O) groups is 2. The van der Waals surface area contributed by atoms with E-state index >= 15 is 0 Å². The maximum Gasteiger partial charge on any atom is 0.220 e. The summed E-state index contributed by atoms with van der Waals surface area (Å²) in [7, 11) is 0. The van der Waals surface area contributed by atoms with Crippen LogP contribution in [-0.4, -0.2) is 18.3 Å². The van der Waals surface area contributed by atoms with Gasteiger partial charge in [-0.25, -0.2) is 8.78 Å². The molecule has 2 aromatic carbocycles. The van der Waals surface area contributed by atoms with Crippen LogP contribution in [0.15, 0.2) is 42.5 Å². The number of halogens is 2. The van der Waals surface area contributed by atoms with Gasteiger partial charge >= 0.3 is 0 Å². The second-order valence-corrected chi connectivity index (χ2v) is 5.84. The maximum atomic E-state index is 13.7. The van der Waals surface area contributed by atoms with Crippen LogP contribution < -0.4 is 10.1 Å².